The first-order chi connectivity index (χ1) is 13.5. The van der Waals surface area contributed by atoms with Gasteiger partial charge in [0.25, 0.3) is 11.8 Å². The molecule has 1 unspecified atom stereocenters. The van der Waals surface area contributed by atoms with Crippen molar-refractivity contribution < 1.29 is 19.1 Å². The molecule has 9 heteroatoms. The van der Waals surface area contributed by atoms with Crippen LogP contribution < -0.4 is 16.4 Å². The minimum Gasteiger partial charge on any atom is -0.467 e. The lowest BCUT2D eigenvalue weighted by atomic mass is 10.2. The quantitative estimate of drug-likeness (QED) is 0.455. The van der Waals surface area contributed by atoms with Crippen molar-refractivity contribution in [3.63, 3.8) is 0 Å². The molecule has 1 atom stereocenters. The van der Waals surface area contributed by atoms with Gasteiger partial charge in [0.05, 0.1) is 24.0 Å². The number of ether oxygens (including phenoxy) is 1. The molecule has 0 spiro atoms. The maximum atomic E-state index is 12.4. The number of para-hydroxylation sites is 2. The van der Waals surface area contributed by atoms with Crippen molar-refractivity contribution in [3.8, 4) is 0 Å². The molecule has 1 aromatic carbocycles. The zero-order valence-electron chi connectivity index (χ0n) is 15.6. The van der Waals surface area contributed by atoms with Crippen molar-refractivity contribution in [2.24, 2.45) is 0 Å². The topological polar surface area (TPSA) is 123 Å². The number of nitrogens with zero attached hydrogens (tertiary/aromatic N) is 1. The normalized spacial score (nSPS) is 11.4. The molecule has 0 aliphatic rings. The summed E-state index contributed by atoms with van der Waals surface area (Å²) in [6.45, 7) is 0. The minimum atomic E-state index is -0.742. The molecule has 0 aliphatic heterocycles. The molecule has 0 saturated heterocycles. The van der Waals surface area contributed by atoms with Gasteiger partial charge in [-0.15, -0.1) is 0 Å². The van der Waals surface area contributed by atoms with Crippen LogP contribution in [0.25, 0.3) is 0 Å². The number of esters is 1. The molecule has 4 N–H and O–H groups in total. The number of rotatable bonds is 8. The van der Waals surface area contributed by atoms with E-state index in [1.54, 1.807) is 36.0 Å². The zero-order chi connectivity index (χ0) is 20.5. The van der Waals surface area contributed by atoms with Gasteiger partial charge in [0, 0.05) is 6.20 Å². The number of nitrogen functional groups attached to an aromatic ring is 1. The van der Waals surface area contributed by atoms with Crippen LogP contribution in [-0.4, -0.2) is 47.9 Å². The maximum Gasteiger partial charge on any atom is 0.328 e. The Bertz CT molecular complexity index is 842. The van der Waals surface area contributed by atoms with Gasteiger partial charge in [-0.1, -0.05) is 12.1 Å². The number of nitrogens with two attached hydrogens (primary N) is 1. The Labute approximate surface area is 167 Å². The summed E-state index contributed by atoms with van der Waals surface area (Å²) >= 11 is 1.56. The Hall–Kier alpha value is -3.07. The summed E-state index contributed by atoms with van der Waals surface area (Å²) in [4.78, 5) is 40.5. The van der Waals surface area contributed by atoms with E-state index >= 15 is 0 Å². The van der Waals surface area contributed by atoms with E-state index in [0.29, 0.717) is 23.5 Å². The fourth-order valence-electron chi connectivity index (χ4n) is 2.33. The number of aromatic nitrogens is 1. The third-order valence-corrected chi connectivity index (χ3v) is 4.51. The molecule has 0 fully saturated rings. The van der Waals surface area contributed by atoms with E-state index in [-0.39, 0.29) is 11.3 Å². The maximum absolute atomic E-state index is 12.4. The van der Waals surface area contributed by atoms with Crippen molar-refractivity contribution in [1.82, 2.24) is 10.3 Å². The van der Waals surface area contributed by atoms with Crippen molar-refractivity contribution >= 4 is 40.9 Å². The second kappa shape index (κ2) is 10.3. The number of anilines is 2. The molecule has 8 nitrogen and oxygen atoms in total. The third-order valence-electron chi connectivity index (χ3n) is 3.87. The Kier molecular flexibility index (Phi) is 7.82. The number of carbonyl (C=O) groups excluding carboxylic acids is 3. The van der Waals surface area contributed by atoms with Crippen LogP contribution in [0.2, 0.25) is 0 Å². The minimum absolute atomic E-state index is 0.131. The van der Waals surface area contributed by atoms with Crippen LogP contribution in [0.5, 0.6) is 0 Å². The number of amides is 2. The molecule has 0 radical (unpaired) electrons. The number of thioether (sulfide) groups is 1. The summed E-state index contributed by atoms with van der Waals surface area (Å²) in [5.41, 5.74) is 7.08. The Morgan fingerprint density at radius 1 is 1.18 bits per heavy atom. The average Bonchev–Trinajstić information content (AvgIpc) is 2.72. The lowest BCUT2D eigenvalue weighted by Crippen LogP contribution is -2.42. The smallest absolute Gasteiger partial charge is 0.328 e. The molecule has 2 rings (SSSR count). The van der Waals surface area contributed by atoms with Crippen LogP contribution in [-0.2, 0) is 9.53 Å². The van der Waals surface area contributed by atoms with Crippen molar-refractivity contribution in [3.05, 3.63) is 53.9 Å². The monoisotopic (exact) mass is 402 g/mol. The van der Waals surface area contributed by atoms with E-state index in [0.717, 1.165) is 0 Å². The van der Waals surface area contributed by atoms with Gasteiger partial charge in [0.15, 0.2) is 0 Å². The van der Waals surface area contributed by atoms with Crippen molar-refractivity contribution in [2.45, 2.75) is 12.5 Å². The number of hydrogen-bond acceptors (Lipinski definition) is 7. The SMILES string of the molecule is COC(=O)C(CCSC)NC(=O)c1ccc(C(=O)Nc2ccccc2N)nc1. The van der Waals surface area contributed by atoms with Crippen LogP contribution in [0.4, 0.5) is 11.4 Å². The Morgan fingerprint density at radius 2 is 1.93 bits per heavy atom. The van der Waals surface area contributed by atoms with Gasteiger partial charge in [-0.05, 0) is 42.7 Å². The van der Waals surface area contributed by atoms with Crippen LogP contribution >= 0.6 is 11.8 Å². The highest BCUT2D eigenvalue weighted by atomic mass is 32.2. The van der Waals surface area contributed by atoms with Gasteiger partial charge < -0.3 is 21.1 Å². The van der Waals surface area contributed by atoms with Gasteiger partial charge in [-0.25, -0.2) is 4.79 Å². The first kappa shape index (κ1) is 21.2. The van der Waals surface area contributed by atoms with E-state index in [1.165, 1.54) is 25.4 Å². The molecule has 0 bridgehead atoms. The van der Waals surface area contributed by atoms with E-state index in [1.807, 2.05) is 6.26 Å². The van der Waals surface area contributed by atoms with Crippen LogP contribution in [0, 0.1) is 0 Å². The highest BCUT2D eigenvalue weighted by Gasteiger charge is 2.22. The van der Waals surface area contributed by atoms with E-state index in [2.05, 4.69) is 15.6 Å². The summed E-state index contributed by atoms with van der Waals surface area (Å²) in [6, 6.07) is 9.02. The molecule has 148 valence electrons. The molecular weight excluding hydrogens is 380 g/mol. The van der Waals surface area contributed by atoms with Crippen LogP contribution in [0.15, 0.2) is 42.6 Å². The summed E-state index contributed by atoms with van der Waals surface area (Å²) in [6.07, 6.45) is 3.64. The van der Waals surface area contributed by atoms with E-state index in [9.17, 15) is 14.4 Å². The van der Waals surface area contributed by atoms with Gasteiger partial charge >= 0.3 is 5.97 Å². The van der Waals surface area contributed by atoms with E-state index < -0.39 is 23.8 Å². The Balaban J connectivity index is 2.04. The fraction of sp³-hybridized carbons (Fsp3) is 0.263. The summed E-state index contributed by atoms with van der Waals surface area (Å²) < 4.78 is 4.72. The van der Waals surface area contributed by atoms with Crippen LogP contribution in [0.3, 0.4) is 0 Å². The number of methoxy groups -OCH3 is 1. The zero-order valence-corrected chi connectivity index (χ0v) is 16.4. The number of pyridine rings is 1. The molecular formula is C19H22N4O4S. The van der Waals surface area contributed by atoms with Crippen LogP contribution in [0.1, 0.15) is 27.3 Å². The van der Waals surface area contributed by atoms with Crippen molar-refractivity contribution in [2.75, 3.05) is 30.2 Å². The summed E-state index contributed by atoms with van der Waals surface area (Å²) in [7, 11) is 1.27. The third kappa shape index (κ3) is 5.71. The first-order valence-electron chi connectivity index (χ1n) is 8.45. The largest absolute Gasteiger partial charge is 0.467 e. The molecule has 2 amide bonds. The lowest BCUT2D eigenvalue weighted by Gasteiger charge is -2.16. The van der Waals surface area contributed by atoms with Gasteiger partial charge in [0.2, 0.25) is 0 Å². The number of nitrogens with one attached hydrogen (secondary N) is 2. The molecule has 0 aliphatic carbocycles. The highest BCUT2D eigenvalue weighted by molar-refractivity contribution is 7.98. The standard InChI is InChI=1S/C19H22N4O4S/c1-27-19(26)16(9-10-28-2)23-17(24)12-7-8-15(21-11-12)18(25)22-14-6-4-3-5-13(14)20/h3-8,11,16H,9-10,20H2,1-2H3,(H,22,25)(H,23,24). The number of benzene rings is 1. The highest BCUT2D eigenvalue weighted by Crippen LogP contribution is 2.17. The second-order valence-electron chi connectivity index (χ2n) is 5.80. The molecule has 0 saturated carbocycles. The van der Waals surface area contributed by atoms with Gasteiger partial charge in [-0.3, -0.25) is 14.6 Å². The lowest BCUT2D eigenvalue weighted by molar-refractivity contribution is -0.142. The summed E-state index contributed by atoms with van der Waals surface area (Å²) in [5, 5.41) is 5.29. The van der Waals surface area contributed by atoms with E-state index in [4.69, 9.17) is 10.5 Å². The number of carbonyl (C=O) groups is 3. The molecule has 1 aromatic heterocycles. The number of hydrogen-bond donors (Lipinski definition) is 3. The van der Waals surface area contributed by atoms with Gasteiger partial charge in [-0.2, -0.15) is 11.8 Å². The molecule has 28 heavy (non-hydrogen) atoms. The average molecular weight is 402 g/mol. The molecule has 1 heterocycles. The first-order valence-corrected chi connectivity index (χ1v) is 9.85. The second-order valence-corrected chi connectivity index (χ2v) is 6.79. The fourth-order valence-corrected chi connectivity index (χ4v) is 2.80. The van der Waals surface area contributed by atoms with Crippen molar-refractivity contribution in [1.29, 1.82) is 0 Å². The van der Waals surface area contributed by atoms with Gasteiger partial charge in [0.1, 0.15) is 11.7 Å². The predicted octanol–water partition coefficient (Wildman–Crippen LogP) is 1.94. The summed E-state index contributed by atoms with van der Waals surface area (Å²) in [5.74, 6) is -0.729. The Morgan fingerprint density at radius 3 is 2.54 bits per heavy atom. The predicted molar refractivity (Wildman–Crippen MR) is 109 cm³/mol. The molecule has 2 aromatic rings.